The molecular formula is C10H14ClNO3S. The van der Waals surface area contributed by atoms with Crippen LogP contribution in [0, 0.1) is 0 Å². The summed E-state index contributed by atoms with van der Waals surface area (Å²) >= 11 is 0. The molecule has 1 aromatic rings. The molecule has 1 atom stereocenters. The first kappa shape index (κ1) is 11.9. The molecule has 16 heavy (non-hydrogen) atoms. The quantitative estimate of drug-likeness (QED) is 0.787. The Balaban J connectivity index is 2.33. The molecule has 0 radical (unpaired) electrons. The maximum atomic E-state index is 11.0. The predicted octanol–water partition coefficient (Wildman–Crippen LogP) is 2.57. The van der Waals surface area contributed by atoms with E-state index in [-0.39, 0.29) is 5.75 Å². The molecule has 0 aliphatic heterocycles. The molecule has 0 saturated heterocycles. The first-order valence-electron chi connectivity index (χ1n) is 5.41. The third-order valence-electron chi connectivity index (χ3n) is 3.05. The molecule has 0 spiro atoms. The smallest absolute Gasteiger partial charge is 0.238 e. The van der Waals surface area contributed by atoms with E-state index in [1.165, 1.54) is 0 Å². The molecule has 2 rings (SSSR count). The van der Waals surface area contributed by atoms with E-state index >= 15 is 0 Å². The van der Waals surface area contributed by atoms with Gasteiger partial charge in [-0.3, -0.25) is 0 Å². The molecule has 4 nitrogen and oxygen atoms in total. The largest absolute Gasteiger partial charge is 0.361 e. The van der Waals surface area contributed by atoms with Crippen molar-refractivity contribution < 1.29 is 12.9 Å². The number of rotatable bonds is 3. The Hall–Kier alpha value is -0.550. The van der Waals surface area contributed by atoms with Crippen LogP contribution in [-0.2, 0) is 21.2 Å². The Morgan fingerprint density at radius 2 is 2.31 bits per heavy atom. The lowest BCUT2D eigenvalue weighted by atomic mass is 9.86. The molecule has 1 unspecified atom stereocenters. The minimum absolute atomic E-state index is 0.232. The van der Waals surface area contributed by atoms with Gasteiger partial charge in [-0.1, -0.05) is 12.1 Å². The summed E-state index contributed by atoms with van der Waals surface area (Å²) in [6, 6.07) is 0. The van der Waals surface area contributed by atoms with Gasteiger partial charge in [-0.15, -0.1) is 0 Å². The van der Waals surface area contributed by atoms with Crippen molar-refractivity contribution in [2.24, 2.45) is 0 Å². The lowest BCUT2D eigenvalue weighted by Gasteiger charge is -2.18. The Kier molecular flexibility index (Phi) is 3.26. The lowest BCUT2D eigenvalue weighted by molar-refractivity contribution is 0.335. The molecule has 1 aliphatic rings. The topological polar surface area (TPSA) is 60.2 Å². The summed E-state index contributed by atoms with van der Waals surface area (Å²) in [7, 11) is 1.67. The minimum Gasteiger partial charge on any atom is -0.361 e. The van der Waals surface area contributed by atoms with Crippen molar-refractivity contribution in [1.82, 2.24) is 5.16 Å². The standard InChI is InChI=1S/C10H14ClNO3S/c1-2-7-4-3-5-8-9(6-16(11,13)14)12-15-10(7)8/h7H,2-6H2,1H3. The van der Waals surface area contributed by atoms with Crippen molar-refractivity contribution in [3.05, 3.63) is 17.0 Å². The third kappa shape index (κ3) is 2.40. The summed E-state index contributed by atoms with van der Waals surface area (Å²) in [5.41, 5.74) is 1.45. The number of nitrogens with zero attached hydrogens (tertiary/aromatic N) is 1. The van der Waals surface area contributed by atoms with E-state index in [9.17, 15) is 8.42 Å². The molecule has 1 heterocycles. The van der Waals surface area contributed by atoms with Gasteiger partial charge < -0.3 is 4.52 Å². The summed E-state index contributed by atoms with van der Waals surface area (Å²) < 4.78 is 27.3. The zero-order valence-electron chi connectivity index (χ0n) is 9.07. The van der Waals surface area contributed by atoms with E-state index in [1.807, 2.05) is 0 Å². The van der Waals surface area contributed by atoms with Crippen molar-refractivity contribution in [3.8, 4) is 0 Å². The molecule has 0 fully saturated rings. The number of hydrogen-bond acceptors (Lipinski definition) is 4. The van der Waals surface area contributed by atoms with E-state index < -0.39 is 9.05 Å². The monoisotopic (exact) mass is 263 g/mol. The zero-order valence-corrected chi connectivity index (χ0v) is 10.6. The average molecular weight is 264 g/mol. The molecule has 0 amide bonds. The van der Waals surface area contributed by atoms with Crippen LogP contribution in [0.5, 0.6) is 0 Å². The van der Waals surface area contributed by atoms with Gasteiger partial charge in [0.15, 0.2) is 0 Å². The number of hydrogen-bond donors (Lipinski definition) is 0. The summed E-state index contributed by atoms with van der Waals surface area (Å²) in [4.78, 5) is 0. The van der Waals surface area contributed by atoms with E-state index in [1.54, 1.807) is 0 Å². The normalized spacial score (nSPS) is 20.8. The highest BCUT2D eigenvalue weighted by Crippen LogP contribution is 2.36. The molecule has 0 N–H and O–H groups in total. The number of halogens is 1. The van der Waals surface area contributed by atoms with Crippen molar-refractivity contribution in [2.45, 2.75) is 44.3 Å². The van der Waals surface area contributed by atoms with Crippen LogP contribution < -0.4 is 0 Å². The van der Waals surface area contributed by atoms with Crippen LogP contribution in [-0.4, -0.2) is 13.6 Å². The Morgan fingerprint density at radius 1 is 1.56 bits per heavy atom. The molecule has 1 aliphatic carbocycles. The molecule has 6 heteroatoms. The van der Waals surface area contributed by atoms with Crippen molar-refractivity contribution in [1.29, 1.82) is 0 Å². The highest BCUT2D eigenvalue weighted by atomic mass is 35.7. The maximum Gasteiger partial charge on any atom is 0.238 e. The highest BCUT2D eigenvalue weighted by Gasteiger charge is 2.28. The summed E-state index contributed by atoms with van der Waals surface area (Å²) in [6.45, 7) is 2.10. The average Bonchev–Trinajstić information content (AvgIpc) is 2.59. The first-order valence-corrected chi connectivity index (χ1v) is 7.88. The van der Waals surface area contributed by atoms with Gasteiger partial charge in [0.1, 0.15) is 17.2 Å². The van der Waals surface area contributed by atoms with Gasteiger partial charge >= 0.3 is 0 Å². The lowest BCUT2D eigenvalue weighted by Crippen LogP contribution is -2.09. The van der Waals surface area contributed by atoms with Gasteiger partial charge in [0.2, 0.25) is 9.05 Å². The van der Waals surface area contributed by atoms with Crippen LogP contribution in [0.2, 0.25) is 0 Å². The van der Waals surface area contributed by atoms with Gasteiger partial charge in [0.25, 0.3) is 0 Å². The molecule has 1 aromatic heterocycles. The molecular weight excluding hydrogens is 250 g/mol. The van der Waals surface area contributed by atoms with E-state index in [0.29, 0.717) is 11.6 Å². The first-order chi connectivity index (χ1) is 7.51. The summed E-state index contributed by atoms with van der Waals surface area (Å²) in [5.74, 6) is 1.01. The van der Waals surface area contributed by atoms with Crippen molar-refractivity contribution >= 4 is 19.7 Å². The SMILES string of the molecule is CCC1CCCc2c(CS(=O)(=O)Cl)noc21. The van der Waals surface area contributed by atoms with E-state index in [0.717, 1.165) is 37.0 Å². The van der Waals surface area contributed by atoms with Crippen LogP contribution in [0.15, 0.2) is 4.52 Å². The minimum atomic E-state index is -3.56. The maximum absolute atomic E-state index is 11.0. The van der Waals surface area contributed by atoms with Gasteiger partial charge in [-0.05, 0) is 25.7 Å². The van der Waals surface area contributed by atoms with Gasteiger partial charge in [0, 0.05) is 22.2 Å². The Bertz CT molecular complexity index is 480. The van der Waals surface area contributed by atoms with Gasteiger partial charge in [-0.2, -0.15) is 0 Å². The molecule has 0 aromatic carbocycles. The fourth-order valence-electron chi connectivity index (χ4n) is 2.27. The van der Waals surface area contributed by atoms with Crippen LogP contribution in [0.25, 0.3) is 0 Å². The summed E-state index contributed by atoms with van der Waals surface area (Å²) in [5, 5.41) is 3.84. The van der Waals surface area contributed by atoms with Crippen molar-refractivity contribution in [2.75, 3.05) is 0 Å². The second-order valence-corrected chi connectivity index (χ2v) is 6.93. The van der Waals surface area contributed by atoms with Crippen molar-refractivity contribution in [3.63, 3.8) is 0 Å². The second kappa shape index (κ2) is 4.37. The zero-order chi connectivity index (χ0) is 11.8. The predicted molar refractivity (Wildman–Crippen MR) is 60.9 cm³/mol. The van der Waals surface area contributed by atoms with Gasteiger partial charge in [0.05, 0.1) is 0 Å². The number of aromatic nitrogens is 1. The fraction of sp³-hybridized carbons (Fsp3) is 0.700. The Morgan fingerprint density at radius 3 is 2.94 bits per heavy atom. The Labute approximate surface area is 99.4 Å². The third-order valence-corrected chi connectivity index (χ3v) is 4.00. The van der Waals surface area contributed by atoms with Crippen LogP contribution in [0.1, 0.15) is 49.1 Å². The molecule has 0 bridgehead atoms. The van der Waals surface area contributed by atoms with Crippen LogP contribution >= 0.6 is 10.7 Å². The molecule has 0 saturated carbocycles. The highest BCUT2D eigenvalue weighted by molar-refractivity contribution is 8.13. The number of fused-ring (bicyclic) bond motifs is 1. The van der Waals surface area contributed by atoms with Crippen LogP contribution in [0.4, 0.5) is 0 Å². The molecule has 90 valence electrons. The van der Waals surface area contributed by atoms with E-state index in [4.69, 9.17) is 15.2 Å². The van der Waals surface area contributed by atoms with E-state index in [2.05, 4.69) is 12.1 Å². The second-order valence-electron chi connectivity index (χ2n) is 4.15. The fourth-order valence-corrected chi connectivity index (χ4v) is 3.13. The summed E-state index contributed by atoms with van der Waals surface area (Å²) in [6.07, 6.45) is 3.99. The van der Waals surface area contributed by atoms with Crippen LogP contribution in [0.3, 0.4) is 0 Å². The van der Waals surface area contributed by atoms with Gasteiger partial charge in [-0.25, -0.2) is 8.42 Å².